The van der Waals surface area contributed by atoms with Crippen molar-refractivity contribution in [2.75, 3.05) is 6.54 Å². The number of benzene rings is 1. The maximum Gasteiger partial charge on any atom is 0.296 e. The van der Waals surface area contributed by atoms with Crippen LogP contribution in [0.3, 0.4) is 0 Å². The second-order valence-electron chi connectivity index (χ2n) is 8.12. The highest BCUT2D eigenvalue weighted by Gasteiger charge is 2.26. The summed E-state index contributed by atoms with van der Waals surface area (Å²) in [5.74, 6) is -0.513. The van der Waals surface area contributed by atoms with Gasteiger partial charge in [-0.3, -0.25) is 24.2 Å². The van der Waals surface area contributed by atoms with E-state index in [1.165, 1.54) is 11.8 Å². The van der Waals surface area contributed by atoms with Crippen molar-refractivity contribution in [3.63, 3.8) is 0 Å². The largest absolute Gasteiger partial charge is 0.493 e. The lowest BCUT2D eigenvalue weighted by molar-refractivity contribution is 0.0994. The number of rotatable bonds is 5. The SMILES string of the molecule is O=C(N=Nc1c(O)n(CN2CCCCC2c2cccnc2)c2ccccc12)c1cccnc1. The van der Waals surface area contributed by atoms with Crippen LogP contribution >= 0.6 is 0 Å². The van der Waals surface area contributed by atoms with Gasteiger partial charge < -0.3 is 5.11 Å². The smallest absolute Gasteiger partial charge is 0.296 e. The van der Waals surface area contributed by atoms with Gasteiger partial charge in [-0.1, -0.05) is 30.7 Å². The van der Waals surface area contributed by atoms with Gasteiger partial charge in [0, 0.05) is 42.8 Å². The van der Waals surface area contributed by atoms with Crippen LogP contribution in [0.25, 0.3) is 10.9 Å². The van der Waals surface area contributed by atoms with Crippen LogP contribution in [0.5, 0.6) is 5.88 Å². The predicted octanol–water partition coefficient (Wildman–Crippen LogP) is 5.25. The Kier molecular flexibility index (Phi) is 5.91. The molecule has 1 fully saturated rings. The minimum atomic E-state index is -0.507. The van der Waals surface area contributed by atoms with Crippen LogP contribution in [0.15, 0.2) is 83.5 Å². The molecule has 5 rings (SSSR count). The Balaban J connectivity index is 1.48. The molecule has 1 aromatic carbocycles. The van der Waals surface area contributed by atoms with Gasteiger partial charge in [0.25, 0.3) is 5.91 Å². The fourth-order valence-corrected chi connectivity index (χ4v) is 4.45. The van der Waals surface area contributed by atoms with Crippen molar-refractivity contribution in [1.82, 2.24) is 19.4 Å². The number of aromatic nitrogens is 3. The van der Waals surface area contributed by atoms with Crippen molar-refractivity contribution >= 4 is 22.5 Å². The van der Waals surface area contributed by atoms with E-state index in [0.717, 1.165) is 36.7 Å². The molecule has 1 aliphatic heterocycles. The number of pyridine rings is 2. The van der Waals surface area contributed by atoms with Gasteiger partial charge in [-0.05, 0) is 42.7 Å². The van der Waals surface area contributed by atoms with Gasteiger partial charge in [-0.2, -0.15) is 0 Å². The first-order valence-corrected chi connectivity index (χ1v) is 11.0. The number of nitrogens with zero attached hydrogens (tertiary/aromatic N) is 6. The standard InChI is InChI=1S/C25H24N6O2/c32-24(19-8-6-13-27-16-19)29-28-23-20-9-1-2-11-22(20)31(25(23)33)17-30-14-4-3-10-21(30)18-7-5-12-26-15-18/h1-2,5-9,11-13,15-16,21,33H,3-4,10,14,17H2. The molecule has 0 radical (unpaired) electrons. The summed E-state index contributed by atoms with van der Waals surface area (Å²) in [6.07, 6.45) is 10.0. The fraction of sp³-hybridized carbons (Fsp3) is 0.240. The van der Waals surface area contributed by atoms with Crippen LogP contribution in [0.2, 0.25) is 0 Å². The Bertz CT molecular complexity index is 1290. The van der Waals surface area contributed by atoms with Crippen molar-refractivity contribution in [1.29, 1.82) is 0 Å². The van der Waals surface area contributed by atoms with Crippen molar-refractivity contribution in [2.24, 2.45) is 10.2 Å². The molecule has 4 heterocycles. The summed E-state index contributed by atoms with van der Waals surface area (Å²) in [4.78, 5) is 23.0. The summed E-state index contributed by atoms with van der Waals surface area (Å²) in [5.41, 5.74) is 2.65. The summed E-state index contributed by atoms with van der Waals surface area (Å²) in [5, 5.41) is 19.9. The second-order valence-corrected chi connectivity index (χ2v) is 8.12. The number of piperidine rings is 1. The van der Waals surface area contributed by atoms with Crippen molar-refractivity contribution in [2.45, 2.75) is 32.0 Å². The number of azo groups is 1. The van der Waals surface area contributed by atoms with Crippen molar-refractivity contribution in [3.05, 3.63) is 84.4 Å². The summed E-state index contributed by atoms with van der Waals surface area (Å²) in [6, 6.07) is 15.2. The zero-order chi connectivity index (χ0) is 22.6. The summed E-state index contributed by atoms with van der Waals surface area (Å²) in [6.45, 7) is 1.42. The maximum absolute atomic E-state index is 12.4. The zero-order valence-electron chi connectivity index (χ0n) is 18.1. The Labute approximate surface area is 191 Å². The first kappa shape index (κ1) is 21.0. The number of carbonyl (C=O) groups is 1. The normalized spacial score (nSPS) is 17.0. The number of fused-ring (bicyclic) bond motifs is 1. The third-order valence-corrected chi connectivity index (χ3v) is 6.07. The molecule has 1 saturated heterocycles. The van der Waals surface area contributed by atoms with Crippen LogP contribution in [-0.4, -0.2) is 37.0 Å². The second kappa shape index (κ2) is 9.30. The molecule has 33 heavy (non-hydrogen) atoms. The van der Waals surface area contributed by atoms with Crippen LogP contribution < -0.4 is 0 Å². The Morgan fingerprint density at radius 1 is 1.03 bits per heavy atom. The van der Waals surface area contributed by atoms with Gasteiger partial charge in [0.1, 0.15) is 0 Å². The Morgan fingerprint density at radius 3 is 2.64 bits per heavy atom. The lowest BCUT2D eigenvalue weighted by Gasteiger charge is -2.36. The number of aromatic hydroxyl groups is 1. The van der Waals surface area contributed by atoms with Gasteiger partial charge in [0.15, 0.2) is 5.69 Å². The first-order chi connectivity index (χ1) is 16.2. The molecule has 1 atom stereocenters. The van der Waals surface area contributed by atoms with Crippen LogP contribution in [0, 0.1) is 0 Å². The van der Waals surface area contributed by atoms with E-state index < -0.39 is 5.91 Å². The lowest BCUT2D eigenvalue weighted by Crippen LogP contribution is -2.34. The van der Waals surface area contributed by atoms with Crippen molar-refractivity contribution in [3.8, 4) is 5.88 Å². The van der Waals surface area contributed by atoms with Crippen LogP contribution in [0.4, 0.5) is 5.69 Å². The average molecular weight is 441 g/mol. The molecule has 3 aromatic heterocycles. The third kappa shape index (κ3) is 4.25. The Morgan fingerprint density at radius 2 is 1.85 bits per heavy atom. The molecule has 0 bridgehead atoms. The van der Waals surface area contributed by atoms with E-state index in [1.807, 2.05) is 41.1 Å². The van der Waals surface area contributed by atoms with Gasteiger partial charge in [0.2, 0.25) is 5.88 Å². The molecular weight excluding hydrogens is 416 g/mol. The van der Waals surface area contributed by atoms with E-state index in [0.29, 0.717) is 12.2 Å². The quantitative estimate of drug-likeness (QED) is 0.428. The highest BCUT2D eigenvalue weighted by atomic mass is 16.3. The molecule has 8 nitrogen and oxygen atoms in total. The maximum atomic E-state index is 12.4. The van der Waals surface area contributed by atoms with Gasteiger partial charge >= 0.3 is 0 Å². The number of likely N-dealkylation sites (tertiary alicyclic amines) is 1. The van der Waals surface area contributed by atoms with E-state index >= 15 is 0 Å². The lowest BCUT2D eigenvalue weighted by atomic mass is 9.97. The molecule has 4 aromatic rings. The van der Waals surface area contributed by atoms with Gasteiger partial charge in [0.05, 0.1) is 17.7 Å². The van der Waals surface area contributed by atoms with Crippen molar-refractivity contribution < 1.29 is 9.90 Å². The monoisotopic (exact) mass is 440 g/mol. The minimum Gasteiger partial charge on any atom is -0.493 e. The molecule has 166 valence electrons. The summed E-state index contributed by atoms with van der Waals surface area (Å²) < 4.78 is 1.84. The molecular formula is C25H24N6O2. The summed E-state index contributed by atoms with van der Waals surface area (Å²) in [7, 11) is 0. The number of para-hydroxylation sites is 1. The van der Waals surface area contributed by atoms with E-state index in [2.05, 4.69) is 31.2 Å². The Hall–Kier alpha value is -3.91. The molecule has 0 aliphatic carbocycles. The topological polar surface area (TPSA) is 96.0 Å². The zero-order valence-corrected chi connectivity index (χ0v) is 18.1. The van der Waals surface area contributed by atoms with Crippen LogP contribution in [-0.2, 0) is 6.67 Å². The molecule has 1 aliphatic rings. The van der Waals surface area contributed by atoms with E-state index in [1.54, 1.807) is 24.5 Å². The molecule has 8 heteroatoms. The van der Waals surface area contributed by atoms with E-state index in [9.17, 15) is 9.90 Å². The highest BCUT2D eigenvalue weighted by Crippen LogP contribution is 2.40. The number of hydrogen-bond donors (Lipinski definition) is 1. The minimum absolute atomic E-state index is 0.00514. The number of amides is 1. The van der Waals surface area contributed by atoms with Gasteiger partial charge in [-0.15, -0.1) is 10.2 Å². The molecule has 0 spiro atoms. The predicted molar refractivity (Wildman–Crippen MR) is 124 cm³/mol. The molecule has 1 amide bonds. The van der Waals surface area contributed by atoms with E-state index in [-0.39, 0.29) is 17.6 Å². The molecule has 1 unspecified atom stereocenters. The van der Waals surface area contributed by atoms with E-state index in [4.69, 9.17) is 0 Å². The number of hydrogen-bond acceptors (Lipinski definition) is 6. The van der Waals surface area contributed by atoms with Gasteiger partial charge in [-0.25, -0.2) is 0 Å². The fourth-order valence-electron chi connectivity index (χ4n) is 4.45. The molecule has 1 N–H and O–H groups in total. The number of carbonyl (C=O) groups excluding carboxylic acids is 1. The third-order valence-electron chi connectivity index (χ3n) is 6.07. The average Bonchev–Trinajstić information content (AvgIpc) is 3.14. The molecule has 0 saturated carbocycles. The summed E-state index contributed by atoms with van der Waals surface area (Å²) >= 11 is 0. The van der Waals surface area contributed by atoms with Crippen LogP contribution in [0.1, 0.15) is 41.2 Å². The first-order valence-electron chi connectivity index (χ1n) is 11.0. The highest BCUT2D eigenvalue weighted by molar-refractivity contribution is 5.97.